The van der Waals surface area contributed by atoms with Crippen LogP contribution < -0.4 is 0 Å². The number of carbonyl (C=O) groups is 2. The standard InChI is InChI=1S/C16H18ClFN2O4S/c17-12-1-2-14(18)13(9-12)16(22)20-6-4-19(5-7-20)15(21)11-3-8-25(23,24)10-11/h1-2,9,11H,3-8,10H2. The Morgan fingerprint density at radius 3 is 2.36 bits per heavy atom. The summed E-state index contributed by atoms with van der Waals surface area (Å²) >= 11 is 5.82. The summed E-state index contributed by atoms with van der Waals surface area (Å²) < 4.78 is 36.9. The van der Waals surface area contributed by atoms with Gasteiger partial charge in [-0.25, -0.2) is 12.8 Å². The summed E-state index contributed by atoms with van der Waals surface area (Å²) in [5.41, 5.74) is -0.0887. The fourth-order valence-electron chi connectivity index (χ4n) is 3.21. The average Bonchev–Trinajstić information content (AvgIpc) is 2.96. The van der Waals surface area contributed by atoms with Gasteiger partial charge in [-0.05, 0) is 24.6 Å². The number of hydrogen-bond donors (Lipinski definition) is 0. The number of sulfone groups is 1. The van der Waals surface area contributed by atoms with Gasteiger partial charge in [-0.2, -0.15) is 0 Å². The lowest BCUT2D eigenvalue weighted by Gasteiger charge is -2.36. The van der Waals surface area contributed by atoms with Gasteiger partial charge in [-0.15, -0.1) is 0 Å². The Morgan fingerprint density at radius 1 is 1.12 bits per heavy atom. The van der Waals surface area contributed by atoms with Gasteiger partial charge in [0.15, 0.2) is 9.84 Å². The predicted octanol–water partition coefficient (Wildman–Crippen LogP) is 1.20. The van der Waals surface area contributed by atoms with Crippen LogP contribution >= 0.6 is 11.6 Å². The van der Waals surface area contributed by atoms with Crippen LogP contribution in [0.2, 0.25) is 5.02 Å². The Kier molecular flexibility index (Phi) is 5.02. The summed E-state index contributed by atoms with van der Waals surface area (Å²) in [6.07, 6.45) is 0.355. The maximum Gasteiger partial charge on any atom is 0.257 e. The molecule has 3 rings (SSSR count). The van der Waals surface area contributed by atoms with Crippen molar-refractivity contribution in [3.8, 4) is 0 Å². The lowest BCUT2D eigenvalue weighted by molar-refractivity contribution is -0.136. The van der Waals surface area contributed by atoms with Crippen molar-refractivity contribution in [1.82, 2.24) is 9.80 Å². The van der Waals surface area contributed by atoms with E-state index in [2.05, 4.69) is 0 Å². The molecule has 1 aromatic rings. The molecule has 1 unspecified atom stereocenters. The Labute approximate surface area is 150 Å². The second-order valence-electron chi connectivity index (χ2n) is 6.34. The highest BCUT2D eigenvalue weighted by atomic mass is 35.5. The van der Waals surface area contributed by atoms with E-state index in [1.807, 2.05) is 0 Å². The van der Waals surface area contributed by atoms with Crippen molar-refractivity contribution in [3.63, 3.8) is 0 Å². The lowest BCUT2D eigenvalue weighted by Crippen LogP contribution is -2.52. The Morgan fingerprint density at radius 2 is 1.76 bits per heavy atom. The quantitative estimate of drug-likeness (QED) is 0.763. The molecule has 2 heterocycles. The normalized spacial score (nSPS) is 22.9. The van der Waals surface area contributed by atoms with Gasteiger partial charge in [0.1, 0.15) is 5.82 Å². The first-order valence-corrected chi connectivity index (χ1v) is 10.2. The van der Waals surface area contributed by atoms with Crippen molar-refractivity contribution < 1.29 is 22.4 Å². The fraction of sp³-hybridized carbons (Fsp3) is 0.500. The summed E-state index contributed by atoms with van der Waals surface area (Å²) in [5.74, 6) is -1.81. The van der Waals surface area contributed by atoms with Gasteiger partial charge in [0.05, 0.1) is 23.0 Å². The molecule has 0 aromatic heterocycles. The van der Waals surface area contributed by atoms with Crippen LogP contribution in [0.1, 0.15) is 16.8 Å². The number of nitrogens with zero attached hydrogens (tertiary/aromatic N) is 2. The van der Waals surface area contributed by atoms with Crippen molar-refractivity contribution in [2.75, 3.05) is 37.7 Å². The van der Waals surface area contributed by atoms with Gasteiger partial charge < -0.3 is 9.80 Å². The van der Waals surface area contributed by atoms with Crippen LogP contribution in [0.3, 0.4) is 0 Å². The molecule has 2 aliphatic heterocycles. The van der Waals surface area contributed by atoms with E-state index in [1.165, 1.54) is 17.0 Å². The van der Waals surface area contributed by atoms with E-state index in [-0.39, 0.29) is 41.1 Å². The van der Waals surface area contributed by atoms with Crippen LogP contribution in [0.4, 0.5) is 4.39 Å². The maximum atomic E-state index is 13.8. The van der Waals surface area contributed by atoms with E-state index in [0.29, 0.717) is 19.5 Å². The third-order valence-corrected chi connectivity index (χ3v) is 6.62. The summed E-state index contributed by atoms with van der Waals surface area (Å²) in [7, 11) is -3.11. The third kappa shape index (κ3) is 3.95. The molecule has 0 bridgehead atoms. The van der Waals surface area contributed by atoms with Crippen molar-refractivity contribution in [1.29, 1.82) is 0 Å². The van der Waals surface area contributed by atoms with Crippen LogP contribution in [0.25, 0.3) is 0 Å². The molecule has 2 saturated heterocycles. The first-order valence-electron chi connectivity index (χ1n) is 8.00. The van der Waals surface area contributed by atoms with Crippen LogP contribution in [-0.4, -0.2) is 67.7 Å². The highest BCUT2D eigenvalue weighted by Gasteiger charge is 2.36. The fourth-order valence-corrected chi connectivity index (χ4v) is 5.11. The number of hydrogen-bond acceptors (Lipinski definition) is 4. The molecular formula is C16H18ClFN2O4S. The summed E-state index contributed by atoms with van der Waals surface area (Å²) in [6, 6.07) is 3.82. The minimum Gasteiger partial charge on any atom is -0.339 e. The summed E-state index contributed by atoms with van der Waals surface area (Å²) in [4.78, 5) is 27.9. The van der Waals surface area contributed by atoms with Crippen molar-refractivity contribution >= 4 is 33.3 Å². The van der Waals surface area contributed by atoms with E-state index in [4.69, 9.17) is 11.6 Å². The molecule has 0 aliphatic carbocycles. The molecule has 0 spiro atoms. The van der Waals surface area contributed by atoms with Gasteiger partial charge in [0.25, 0.3) is 5.91 Å². The zero-order valence-corrected chi connectivity index (χ0v) is 15.0. The van der Waals surface area contributed by atoms with E-state index >= 15 is 0 Å². The number of halogens is 2. The molecule has 0 saturated carbocycles. The number of carbonyl (C=O) groups excluding carboxylic acids is 2. The molecule has 1 atom stereocenters. The molecule has 2 amide bonds. The van der Waals surface area contributed by atoms with E-state index < -0.39 is 27.5 Å². The molecule has 0 radical (unpaired) electrons. The van der Waals surface area contributed by atoms with Crippen LogP contribution in [0, 0.1) is 11.7 Å². The maximum absolute atomic E-state index is 13.8. The van der Waals surface area contributed by atoms with E-state index in [0.717, 1.165) is 6.07 Å². The zero-order chi connectivity index (χ0) is 18.2. The number of piperazine rings is 1. The molecule has 6 nitrogen and oxygen atoms in total. The zero-order valence-electron chi connectivity index (χ0n) is 13.5. The Bertz CT molecular complexity index is 806. The van der Waals surface area contributed by atoms with Crippen molar-refractivity contribution in [2.24, 2.45) is 5.92 Å². The van der Waals surface area contributed by atoms with Gasteiger partial charge in [-0.1, -0.05) is 11.6 Å². The molecule has 2 aliphatic rings. The third-order valence-electron chi connectivity index (χ3n) is 4.62. The smallest absolute Gasteiger partial charge is 0.257 e. The van der Waals surface area contributed by atoms with Gasteiger partial charge in [-0.3, -0.25) is 9.59 Å². The van der Waals surface area contributed by atoms with Crippen molar-refractivity contribution in [2.45, 2.75) is 6.42 Å². The lowest BCUT2D eigenvalue weighted by atomic mass is 10.1. The highest BCUT2D eigenvalue weighted by molar-refractivity contribution is 7.91. The van der Waals surface area contributed by atoms with E-state index in [9.17, 15) is 22.4 Å². The Balaban J connectivity index is 1.61. The monoisotopic (exact) mass is 388 g/mol. The largest absolute Gasteiger partial charge is 0.339 e. The average molecular weight is 389 g/mol. The summed E-state index contributed by atoms with van der Waals surface area (Å²) in [5, 5.41) is 0.279. The van der Waals surface area contributed by atoms with Crippen LogP contribution in [0.5, 0.6) is 0 Å². The molecule has 1 aromatic carbocycles. The SMILES string of the molecule is O=C(c1cc(Cl)ccc1F)N1CCN(C(=O)C2CCS(=O)(=O)C2)CC1. The van der Waals surface area contributed by atoms with Gasteiger partial charge >= 0.3 is 0 Å². The molecule has 2 fully saturated rings. The number of amides is 2. The summed E-state index contributed by atoms with van der Waals surface area (Å²) in [6.45, 7) is 1.17. The molecule has 136 valence electrons. The van der Waals surface area contributed by atoms with Crippen LogP contribution in [0.15, 0.2) is 18.2 Å². The molecule has 25 heavy (non-hydrogen) atoms. The van der Waals surface area contributed by atoms with Crippen molar-refractivity contribution in [3.05, 3.63) is 34.6 Å². The highest BCUT2D eigenvalue weighted by Crippen LogP contribution is 2.22. The Hall–Kier alpha value is -1.67. The second-order valence-corrected chi connectivity index (χ2v) is 9.01. The minimum absolute atomic E-state index is 0.0515. The molecular weight excluding hydrogens is 371 g/mol. The van der Waals surface area contributed by atoms with Crippen LogP contribution in [-0.2, 0) is 14.6 Å². The minimum atomic E-state index is -3.11. The first kappa shape index (κ1) is 18.1. The molecule has 0 N–H and O–H groups in total. The number of benzene rings is 1. The number of rotatable bonds is 2. The van der Waals surface area contributed by atoms with E-state index in [1.54, 1.807) is 4.90 Å². The predicted molar refractivity (Wildman–Crippen MR) is 90.7 cm³/mol. The van der Waals surface area contributed by atoms with Gasteiger partial charge in [0, 0.05) is 31.2 Å². The molecule has 9 heteroatoms. The second kappa shape index (κ2) is 6.92. The topological polar surface area (TPSA) is 74.8 Å². The first-order chi connectivity index (χ1) is 11.8. The van der Waals surface area contributed by atoms with Gasteiger partial charge in [0.2, 0.25) is 5.91 Å².